The topological polar surface area (TPSA) is 38.9 Å². The van der Waals surface area contributed by atoms with Gasteiger partial charge in [-0.2, -0.15) is 0 Å². The first-order valence-corrected chi connectivity index (χ1v) is 3.56. The monoisotopic (exact) mass is 150 g/mol. The molecule has 0 aliphatic heterocycles. The Balaban J connectivity index is 2.84. The van der Waals surface area contributed by atoms with E-state index in [0.29, 0.717) is 11.1 Å². The zero-order chi connectivity index (χ0) is 5.98. The number of halogens is 1. The van der Waals surface area contributed by atoms with Crippen molar-refractivity contribution < 1.29 is 4.42 Å². The van der Waals surface area contributed by atoms with Gasteiger partial charge < -0.3 is 4.42 Å². The van der Waals surface area contributed by atoms with Crippen LogP contribution in [0.15, 0.2) is 9.64 Å². The van der Waals surface area contributed by atoms with Gasteiger partial charge in [0.25, 0.3) is 5.22 Å². The van der Waals surface area contributed by atoms with Gasteiger partial charge in [-0.3, -0.25) is 0 Å². The molecule has 0 atom stereocenters. The summed E-state index contributed by atoms with van der Waals surface area (Å²) in [5.74, 6) is 0.535. The molecular formula is C3H3ClN2OS. The minimum absolute atomic E-state index is 0.393. The fourth-order valence-electron chi connectivity index (χ4n) is 0.310. The lowest BCUT2D eigenvalue weighted by Gasteiger charge is -1.74. The largest absolute Gasteiger partial charge is 0.415 e. The molecule has 0 unspecified atom stereocenters. The maximum atomic E-state index is 5.26. The van der Waals surface area contributed by atoms with Crippen LogP contribution in [0.2, 0.25) is 0 Å². The SMILES string of the molecule is Cc1nnc(SCl)o1. The lowest BCUT2D eigenvalue weighted by atomic mass is 10.8. The number of hydrogen-bond donors (Lipinski definition) is 0. The second-order valence-corrected chi connectivity index (χ2v) is 2.13. The average molecular weight is 151 g/mol. The van der Waals surface area contributed by atoms with Crippen LogP contribution < -0.4 is 0 Å². The smallest absolute Gasteiger partial charge is 0.292 e. The molecule has 0 aliphatic rings. The van der Waals surface area contributed by atoms with E-state index in [4.69, 9.17) is 15.1 Å². The highest BCUT2D eigenvalue weighted by Crippen LogP contribution is 2.18. The summed E-state index contributed by atoms with van der Waals surface area (Å²) in [5.41, 5.74) is 0. The standard InChI is InChI=1S/C3H3ClN2OS/c1-2-5-6-3(7-2)8-4/h1H3. The molecule has 44 valence electrons. The van der Waals surface area contributed by atoms with E-state index in [0.717, 1.165) is 11.0 Å². The van der Waals surface area contributed by atoms with E-state index in [-0.39, 0.29) is 0 Å². The Labute approximate surface area is 54.9 Å². The fourth-order valence-corrected chi connectivity index (χ4v) is 0.720. The average Bonchev–Trinajstić information content (AvgIpc) is 2.14. The van der Waals surface area contributed by atoms with Crippen LogP contribution in [0.1, 0.15) is 5.89 Å². The quantitative estimate of drug-likeness (QED) is 0.610. The van der Waals surface area contributed by atoms with Crippen LogP contribution in [-0.2, 0) is 0 Å². The molecule has 0 aromatic carbocycles. The lowest BCUT2D eigenvalue weighted by Crippen LogP contribution is -1.67. The maximum Gasteiger partial charge on any atom is 0.292 e. The van der Waals surface area contributed by atoms with E-state index < -0.39 is 0 Å². The van der Waals surface area contributed by atoms with Crippen molar-refractivity contribution in [2.45, 2.75) is 12.1 Å². The summed E-state index contributed by atoms with van der Waals surface area (Å²) < 4.78 is 4.84. The van der Waals surface area contributed by atoms with Crippen LogP contribution in [0.25, 0.3) is 0 Å². The summed E-state index contributed by atoms with van der Waals surface area (Å²) in [4.78, 5) is 0. The van der Waals surface area contributed by atoms with Crippen LogP contribution in [0, 0.1) is 6.92 Å². The second kappa shape index (κ2) is 2.37. The molecule has 1 aromatic rings. The Morgan fingerprint density at radius 3 is 2.62 bits per heavy atom. The molecule has 0 aliphatic carbocycles. The summed E-state index contributed by atoms with van der Waals surface area (Å²) in [7, 11) is 6.18. The van der Waals surface area contributed by atoms with Gasteiger partial charge in [0.05, 0.1) is 0 Å². The zero-order valence-electron chi connectivity index (χ0n) is 4.09. The molecule has 0 saturated heterocycles. The van der Waals surface area contributed by atoms with Crippen LogP contribution in [0.3, 0.4) is 0 Å². The molecule has 1 aromatic heterocycles. The first kappa shape index (κ1) is 5.91. The number of hydrogen-bond acceptors (Lipinski definition) is 4. The highest BCUT2D eigenvalue weighted by Gasteiger charge is 1.97. The van der Waals surface area contributed by atoms with Crippen molar-refractivity contribution in [2.75, 3.05) is 0 Å². The van der Waals surface area contributed by atoms with Crippen molar-refractivity contribution in [2.24, 2.45) is 0 Å². The molecule has 1 rings (SSSR count). The number of aromatic nitrogens is 2. The van der Waals surface area contributed by atoms with Crippen molar-refractivity contribution in [1.29, 1.82) is 0 Å². The predicted molar refractivity (Wildman–Crippen MR) is 30.7 cm³/mol. The zero-order valence-corrected chi connectivity index (χ0v) is 5.66. The Kier molecular flexibility index (Phi) is 1.75. The number of aryl methyl sites for hydroxylation is 1. The number of nitrogens with zero attached hydrogens (tertiary/aromatic N) is 2. The second-order valence-electron chi connectivity index (χ2n) is 1.16. The molecule has 5 heteroatoms. The van der Waals surface area contributed by atoms with Gasteiger partial charge in [-0.25, -0.2) is 0 Å². The van der Waals surface area contributed by atoms with Gasteiger partial charge in [0.2, 0.25) is 5.89 Å². The van der Waals surface area contributed by atoms with Gasteiger partial charge in [-0.15, -0.1) is 10.2 Å². The minimum Gasteiger partial charge on any atom is -0.415 e. The van der Waals surface area contributed by atoms with Crippen LogP contribution >= 0.6 is 21.7 Å². The summed E-state index contributed by atoms with van der Waals surface area (Å²) in [6.45, 7) is 1.71. The highest BCUT2D eigenvalue weighted by molar-refractivity contribution is 8.20. The van der Waals surface area contributed by atoms with Gasteiger partial charge in [0.15, 0.2) is 0 Å². The van der Waals surface area contributed by atoms with E-state index in [1.54, 1.807) is 6.92 Å². The van der Waals surface area contributed by atoms with Crippen LogP contribution in [0.5, 0.6) is 0 Å². The van der Waals surface area contributed by atoms with Gasteiger partial charge in [-0.05, 0) is 10.7 Å². The molecule has 0 radical (unpaired) electrons. The molecule has 3 nitrogen and oxygen atoms in total. The van der Waals surface area contributed by atoms with Crippen molar-refractivity contribution >= 4 is 21.7 Å². The first-order valence-electron chi connectivity index (χ1n) is 1.91. The van der Waals surface area contributed by atoms with Crippen LogP contribution in [-0.4, -0.2) is 10.2 Å². The summed E-state index contributed by atoms with van der Waals surface area (Å²) in [6.07, 6.45) is 0. The molecule has 0 saturated carbocycles. The first-order chi connectivity index (χ1) is 3.83. The van der Waals surface area contributed by atoms with Gasteiger partial charge in [0, 0.05) is 17.9 Å². The van der Waals surface area contributed by atoms with Gasteiger partial charge >= 0.3 is 0 Å². The third-order valence-electron chi connectivity index (χ3n) is 0.573. The molecule has 0 spiro atoms. The highest BCUT2D eigenvalue weighted by atomic mass is 35.7. The fraction of sp³-hybridized carbons (Fsp3) is 0.333. The van der Waals surface area contributed by atoms with Gasteiger partial charge in [-0.1, -0.05) is 0 Å². The Morgan fingerprint density at radius 2 is 2.38 bits per heavy atom. The molecular weight excluding hydrogens is 148 g/mol. The van der Waals surface area contributed by atoms with E-state index in [1.807, 2.05) is 0 Å². The summed E-state index contributed by atoms with van der Waals surface area (Å²) in [6, 6.07) is 0. The third-order valence-corrected chi connectivity index (χ3v) is 1.27. The van der Waals surface area contributed by atoms with Crippen molar-refractivity contribution in [3.8, 4) is 0 Å². The van der Waals surface area contributed by atoms with E-state index >= 15 is 0 Å². The Morgan fingerprint density at radius 1 is 1.62 bits per heavy atom. The molecule has 0 bridgehead atoms. The van der Waals surface area contributed by atoms with E-state index in [9.17, 15) is 0 Å². The lowest BCUT2D eigenvalue weighted by molar-refractivity contribution is 0.430. The summed E-state index contributed by atoms with van der Waals surface area (Å²) >= 11 is 0. The summed E-state index contributed by atoms with van der Waals surface area (Å²) in [5, 5.41) is 7.51. The Bertz CT molecular complexity index is 178. The van der Waals surface area contributed by atoms with Crippen LogP contribution in [0.4, 0.5) is 0 Å². The molecule has 0 amide bonds. The predicted octanol–water partition coefficient (Wildman–Crippen LogP) is 1.62. The van der Waals surface area contributed by atoms with Crippen molar-refractivity contribution in [1.82, 2.24) is 10.2 Å². The van der Waals surface area contributed by atoms with E-state index in [2.05, 4.69) is 10.2 Å². The van der Waals surface area contributed by atoms with Crippen molar-refractivity contribution in [3.05, 3.63) is 5.89 Å². The molecule has 0 fully saturated rings. The van der Waals surface area contributed by atoms with Crippen molar-refractivity contribution in [3.63, 3.8) is 0 Å². The van der Waals surface area contributed by atoms with E-state index in [1.165, 1.54) is 0 Å². The van der Waals surface area contributed by atoms with Gasteiger partial charge in [0.1, 0.15) is 0 Å². The molecule has 1 heterocycles. The maximum absolute atomic E-state index is 5.26. The minimum atomic E-state index is 0.393. The number of rotatable bonds is 1. The third kappa shape index (κ3) is 1.14. The normalized spacial score (nSPS) is 9.75. The Hall–Kier alpha value is -0.220. The molecule has 8 heavy (non-hydrogen) atoms. The molecule has 0 N–H and O–H groups in total.